The summed E-state index contributed by atoms with van der Waals surface area (Å²) < 4.78 is 45.8. The lowest BCUT2D eigenvalue weighted by Gasteiger charge is -2.41. The summed E-state index contributed by atoms with van der Waals surface area (Å²) in [4.78, 5) is 21.5. The van der Waals surface area contributed by atoms with E-state index in [9.17, 15) is 18.0 Å². The summed E-state index contributed by atoms with van der Waals surface area (Å²) in [5, 5.41) is 2.95. The Bertz CT molecular complexity index is 1320. The van der Waals surface area contributed by atoms with Crippen molar-refractivity contribution >= 4 is 23.2 Å². The fraction of sp³-hybridized carbons (Fsp3) is 0.259. The Balaban J connectivity index is 1.40. The second kappa shape index (κ2) is 9.22. The molecule has 1 saturated heterocycles. The monoisotopic (exact) mass is 494 g/mol. The predicted octanol–water partition coefficient (Wildman–Crippen LogP) is 6.44. The van der Waals surface area contributed by atoms with E-state index in [0.29, 0.717) is 42.5 Å². The zero-order valence-corrected chi connectivity index (χ0v) is 19.8. The van der Waals surface area contributed by atoms with Crippen molar-refractivity contribution in [3.8, 4) is 11.5 Å². The summed E-state index contributed by atoms with van der Waals surface area (Å²) in [7, 11) is 0. The number of ether oxygens (including phenoxy) is 1. The number of fused-ring (bicyclic) bond motifs is 2. The number of aryl methyl sites for hydroxylation is 1. The molecule has 1 N–H and O–H groups in total. The van der Waals surface area contributed by atoms with Crippen molar-refractivity contribution in [2.24, 2.45) is 4.99 Å². The number of para-hydroxylation sites is 1. The van der Waals surface area contributed by atoms with Crippen molar-refractivity contribution in [2.75, 3.05) is 25.0 Å². The molecule has 0 aliphatic carbocycles. The fourth-order valence-corrected chi connectivity index (χ4v) is 4.42. The van der Waals surface area contributed by atoms with Gasteiger partial charge in [0.05, 0.1) is 11.1 Å². The summed E-state index contributed by atoms with van der Waals surface area (Å²) in [5.74, 6) is 1.09. The topological polar surface area (TPSA) is 57.2 Å². The van der Waals surface area contributed by atoms with Crippen LogP contribution in [0.3, 0.4) is 0 Å². The Hall–Kier alpha value is -4.01. The number of halogens is 3. The van der Waals surface area contributed by atoms with Crippen LogP contribution < -0.4 is 10.1 Å². The molecule has 0 radical (unpaired) electrons. The van der Waals surface area contributed by atoms with Gasteiger partial charge in [0.25, 0.3) is 0 Å². The zero-order chi connectivity index (χ0) is 25.4. The van der Waals surface area contributed by atoms with E-state index in [1.165, 1.54) is 6.07 Å². The van der Waals surface area contributed by atoms with Crippen LogP contribution in [0.25, 0.3) is 0 Å². The maximum Gasteiger partial charge on any atom is 0.416 e. The molecule has 3 aromatic rings. The molecule has 1 atom stereocenters. The van der Waals surface area contributed by atoms with Crippen LogP contribution >= 0.6 is 0 Å². The molecule has 0 bridgehead atoms. The lowest BCUT2D eigenvalue weighted by atomic mass is 10.1. The van der Waals surface area contributed by atoms with Gasteiger partial charge in [0.1, 0.15) is 17.3 Å². The number of hydrogen-bond donors (Lipinski definition) is 1. The van der Waals surface area contributed by atoms with E-state index in [-0.39, 0.29) is 17.8 Å². The Kier molecular flexibility index (Phi) is 6.07. The maximum atomic E-state index is 13.3. The molecule has 2 aliphatic rings. The van der Waals surface area contributed by atoms with Crippen molar-refractivity contribution in [1.29, 1.82) is 0 Å². The number of nitrogens with zero attached hydrogens (tertiary/aromatic N) is 3. The minimum atomic E-state index is -4.48. The molecular formula is C27H25F3N4O2. The smallest absolute Gasteiger partial charge is 0.416 e. The predicted molar refractivity (Wildman–Crippen MR) is 132 cm³/mol. The van der Waals surface area contributed by atoms with Gasteiger partial charge in [-0.15, -0.1) is 0 Å². The number of amides is 2. The molecule has 9 heteroatoms. The first kappa shape index (κ1) is 23.7. The van der Waals surface area contributed by atoms with Crippen molar-refractivity contribution in [2.45, 2.75) is 26.1 Å². The molecule has 0 spiro atoms. The van der Waals surface area contributed by atoms with Crippen LogP contribution in [0.15, 0.2) is 71.7 Å². The molecule has 6 nitrogen and oxygen atoms in total. The number of piperazine rings is 1. The number of anilines is 1. The first-order valence-electron chi connectivity index (χ1n) is 11.7. The van der Waals surface area contributed by atoms with Crippen LogP contribution in [0, 0.1) is 6.92 Å². The molecule has 2 amide bonds. The Morgan fingerprint density at radius 1 is 1.03 bits per heavy atom. The normalized spacial score (nSPS) is 17.4. The third-order valence-electron chi connectivity index (χ3n) is 6.35. The molecule has 0 aromatic heterocycles. The van der Waals surface area contributed by atoms with Crippen molar-refractivity contribution in [3.63, 3.8) is 0 Å². The van der Waals surface area contributed by atoms with E-state index in [0.717, 1.165) is 23.4 Å². The van der Waals surface area contributed by atoms with Gasteiger partial charge in [-0.2, -0.15) is 13.2 Å². The molecule has 3 aromatic carbocycles. The van der Waals surface area contributed by atoms with Crippen LogP contribution in [0.1, 0.15) is 23.6 Å². The highest BCUT2D eigenvalue weighted by molar-refractivity contribution is 6.04. The quantitative estimate of drug-likeness (QED) is 0.424. The van der Waals surface area contributed by atoms with Gasteiger partial charge >= 0.3 is 12.2 Å². The average molecular weight is 495 g/mol. The van der Waals surface area contributed by atoms with Gasteiger partial charge in [-0.1, -0.05) is 29.8 Å². The van der Waals surface area contributed by atoms with Crippen molar-refractivity contribution < 1.29 is 22.7 Å². The van der Waals surface area contributed by atoms with Crippen LogP contribution in [0.2, 0.25) is 0 Å². The van der Waals surface area contributed by atoms with E-state index in [1.807, 2.05) is 50.2 Å². The van der Waals surface area contributed by atoms with E-state index in [1.54, 1.807) is 17.0 Å². The lowest BCUT2D eigenvalue weighted by molar-refractivity contribution is -0.137. The average Bonchev–Trinajstić information content (AvgIpc) is 3.01. The largest absolute Gasteiger partial charge is 0.454 e. The number of nitrogens with one attached hydrogen (secondary N) is 1. The summed E-state index contributed by atoms with van der Waals surface area (Å²) in [5.41, 5.74) is 2.06. The maximum absolute atomic E-state index is 13.3. The molecular weight excluding hydrogens is 469 g/mol. The minimum Gasteiger partial charge on any atom is -0.454 e. The number of hydrogen-bond acceptors (Lipinski definition) is 4. The molecule has 2 heterocycles. The summed E-state index contributed by atoms with van der Waals surface area (Å²) >= 11 is 0. The molecule has 36 heavy (non-hydrogen) atoms. The number of benzene rings is 3. The number of alkyl halides is 3. The second-order valence-electron chi connectivity index (χ2n) is 9.00. The molecule has 186 valence electrons. The molecule has 2 aliphatic heterocycles. The first-order chi connectivity index (χ1) is 17.2. The molecule has 1 fully saturated rings. The lowest BCUT2D eigenvalue weighted by Crippen LogP contribution is -2.56. The van der Waals surface area contributed by atoms with E-state index in [2.05, 4.69) is 10.2 Å². The van der Waals surface area contributed by atoms with Crippen LogP contribution in [0.4, 0.5) is 29.3 Å². The van der Waals surface area contributed by atoms with E-state index >= 15 is 0 Å². The third-order valence-corrected chi connectivity index (χ3v) is 6.35. The highest BCUT2D eigenvalue weighted by Crippen LogP contribution is 2.42. The van der Waals surface area contributed by atoms with Gasteiger partial charge in [0, 0.05) is 31.4 Å². The molecule has 5 rings (SSSR count). The number of rotatable bonds is 1. The Morgan fingerprint density at radius 3 is 2.50 bits per heavy atom. The summed E-state index contributed by atoms with van der Waals surface area (Å²) in [6.07, 6.45) is -4.48. The van der Waals surface area contributed by atoms with Gasteiger partial charge < -0.3 is 19.9 Å². The van der Waals surface area contributed by atoms with Crippen LogP contribution in [-0.4, -0.2) is 47.3 Å². The van der Waals surface area contributed by atoms with Gasteiger partial charge in [0.15, 0.2) is 5.75 Å². The second-order valence-corrected chi connectivity index (χ2v) is 9.00. The number of amidine groups is 1. The molecule has 0 unspecified atom stereocenters. The van der Waals surface area contributed by atoms with Gasteiger partial charge in [0.2, 0.25) is 0 Å². The fourth-order valence-electron chi connectivity index (χ4n) is 4.42. The Morgan fingerprint density at radius 2 is 1.78 bits per heavy atom. The SMILES string of the molecule is Cc1ccc(NC(=O)N2CCN(C3=Nc4ccc(C(F)(F)F)cc4Oc4ccccc43)C[C@@H]2C)cc1. The highest BCUT2D eigenvalue weighted by Gasteiger charge is 2.34. The number of carbonyl (C=O) groups is 1. The summed E-state index contributed by atoms with van der Waals surface area (Å²) in [6, 6.07) is 17.8. The number of urea groups is 1. The first-order valence-corrected chi connectivity index (χ1v) is 11.7. The van der Waals surface area contributed by atoms with Gasteiger partial charge in [-0.25, -0.2) is 9.79 Å². The van der Waals surface area contributed by atoms with E-state index in [4.69, 9.17) is 9.73 Å². The van der Waals surface area contributed by atoms with Crippen molar-refractivity contribution in [3.05, 3.63) is 83.4 Å². The third kappa shape index (κ3) is 4.73. The molecule has 0 saturated carbocycles. The van der Waals surface area contributed by atoms with Crippen LogP contribution in [0.5, 0.6) is 11.5 Å². The number of aliphatic imine (C=N–C) groups is 1. The summed E-state index contributed by atoms with van der Waals surface area (Å²) in [6.45, 7) is 5.42. The van der Waals surface area contributed by atoms with Gasteiger partial charge in [-0.05, 0) is 56.3 Å². The number of carbonyl (C=O) groups excluding carboxylic acids is 1. The zero-order valence-electron chi connectivity index (χ0n) is 19.8. The Labute approximate surface area is 207 Å². The van der Waals surface area contributed by atoms with Crippen molar-refractivity contribution in [1.82, 2.24) is 9.80 Å². The minimum absolute atomic E-state index is 0.0523. The van der Waals surface area contributed by atoms with Gasteiger partial charge in [-0.3, -0.25) is 0 Å². The standard InChI is InChI=1S/C27H25F3N4O2/c1-17-7-10-20(11-8-17)31-26(35)34-14-13-33(16-18(34)2)25-21-5-3-4-6-23(21)36-24-15-19(27(28,29)30)9-12-22(24)32-25/h3-12,15,18H,13-14,16H2,1-2H3,(H,31,35)/t18-/m0/s1. The highest BCUT2D eigenvalue weighted by atomic mass is 19.4. The van der Waals surface area contributed by atoms with Crippen LogP contribution in [-0.2, 0) is 6.18 Å². The van der Waals surface area contributed by atoms with E-state index < -0.39 is 11.7 Å².